The van der Waals surface area contributed by atoms with Crippen LogP contribution >= 0.6 is 0 Å². The van der Waals surface area contributed by atoms with Crippen molar-refractivity contribution in [3.8, 4) is 0 Å². The highest BCUT2D eigenvalue weighted by Crippen LogP contribution is 2.28. The molecule has 1 aromatic carbocycles. The summed E-state index contributed by atoms with van der Waals surface area (Å²) in [5, 5.41) is 0. The predicted octanol–water partition coefficient (Wildman–Crippen LogP) is 3.93. The first-order valence-corrected chi connectivity index (χ1v) is 9.83. The number of benzene rings is 1. The number of nitrogens with zero attached hydrogens (tertiary/aromatic N) is 2. The fraction of sp³-hybridized carbons (Fsp3) is 0.391. The Kier molecular flexibility index (Phi) is 6.69. The topological polar surface area (TPSA) is 53.8 Å². The van der Waals surface area contributed by atoms with Crippen molar-refractivity contribution in [2.75, 3.05) is 13.1 Å². The fourth-order valence-electron chi connectivity index (χ4n) is 3.36. The number of carbonyl (C=O) groups excluding carboxylic acids is 2. The molecule has 0 N–H and O–H groups in total. The van der Waals surface area contributed by atoms with E-state index in [2.05, 4.69) is 6.58 Å². The van der Waals surface area contributed by atoms with Crippen molar-refractivity contribution >= 4 is 11.8 Å². The predicted molar refractivity (Wildman–Crippen MR) is 108 cm³/mol. The van der Waals surface area contributed by atoms with Gasteiger partial charge in [0, 0.05) is 19.0 Å². The van der Waals surface area contributed by atoms with Crippen molar-refractivity contribution in [3.63, 3.8) is 0 Å². The summed E-state index contributed by atoms with van der Waals surface area (Å²) in [6.07, 6.45) is 4.60. The number of amides is 2. The SMILES string of the molecule is C=CCN(CC(=O)N(Cc1ccccc1)Cc1ccc(C)o1)C(=O)C1CCC1. The van der Waals surface area contributed by atoms with Crippen molar-refractivity contribution in [3.05, 3.63) is 72.2 Å². The van der Waals surface area contributed by atoms with Gasteiger partial charge in [-0.3, -0.25) is 9.59 Å². The van der Waals surface area contributed by atoms with Crippen LogP contribution in [0.15, 0.2) is 59.5 Å². The normalized spacial score (nSPS) is 13.6. The average molecular weight is 380 g/mol. The Morgan fingerprint density at radius 2 is 1.86 bits per heavy atom. The van der Waals surface area contributed by atoms with Gasteiger partial charge in [0.25, 0.3) is 0 Å². The minimum Gasteiger partial charge on any atom is -0.464 e. The Labute approximate surface area is 166 Å². The molecule has 1 heterocycles. The standard InChI is InChI=1S/C23H28N2O3/c1-3-14-24(23(27)20-10-7-11-20)17-22(26)25(15-19-8-5-4-6-9-19)16-21-13-12-18(2)28-21/h3-6,8-9,12-13,20H,1,7,10-11,14-17H2,2H3. The molecule has 148 valence electrons. The molecule has 1 aliphatic carbocycles. The summed E-state index contributed by atoms with van der Waals surface area (Å²) in [5.41, 5.74) is 1.04. The van der Waals surface area contributed by atoms with E-state index >= 15 is 0 Å². The zero-order valence-corrected chi connectivity index (χ0v) is 16.5. The summed E-state index contributed by atoms with van der Waals surface area (Å²) < 4.78 is 5.68. The van der Waals surface area contributed by atoms with Crippen molar-refractivity contribution in [1.82, 2.24) is 9.80 Å². The van der Waals surface area contributed by atoms with Crippen LogP contribution in [-0.4, -0.2) is 34.7 Å². The molecule has 2 amide bonds. The van der Waals surface area contributed by atoms with Gasteiger partial charge >= 0.3 is 0 Å². The Morgan fingerprint density at radius 1 is 1.11 bits per heavy atom. The van der Waals surface area contributed by atoms with Crippen LogP contribution in [0.25, 0.3) is 0 Å². The number of hydrogen-bond acceptors (Lipinski definition) is 3. The number of aryl methyl sites for hydroxylation is 1. The number of hydrogen-bond donors (Lipinski definition) is 0. The van der Waals surface area contributed by atoms with E-state index in [0.717, 1.165) is 36.3 Å². The maximum atomic E-state index is 13.1. The zero-order chi connectivity index (χ0) is 19.9. The highest BCUT2D eigenvalue weighted by atomic mass is 16.3. The van der Waals surface area contributed by atoms with E-state index in [4.69, 9.17) is 4.42 Å². The molecule has 0 saturated heterocycles. The molecule has 0 bridgehead atoms. The Morgan fingerprint density at radius 3 is 2.43 bits per heavy atom. The van der Waals surface area contributed by atoms with Gasteiger partial charge in [0.05, 0.1) is 6.54 Å². The highest BCUT2D eigenvalue weighted by molar-refractivity contribution is 5.86. The van der Waals surface area contributed by atoms with Gasteiger partial charge in [-0.25, -0.2) is 0 Å². The second-order valence-corrected chi connectivity index (χ2v) is 7.38. The van der Waals surface area contributed by atoms with Gasteiger partial charge < -0.3 is 14.2 Å². The largest absolute Gasteiger partial charge is 0.464 e. The minimum atomic E-state index is -0.0903. The molecule has 0 spiro atoms. The molecule has 3 rings (SSSR count). The van der Waals surface area contributed by atoms with Crippen LogP contribution in [0.4, 0.5) is 0 Å². The van der Waals surface area contributed by atoms with Crippen LogP contribution in [0, 0.1) is 12.8 Å². The van der Waals surface area contributed by atoms with Gasteiger partial charge in [-0.2, -0.15) is 0 Å². The lowest BCUT2D eigenvalue weighted by atomic mass is 9.84. The Bertz CT molecular complexity index is 808. The monoisotopic (exact) mass is 380 g/mol. The summed E-state index contributed by atoms with van der Waals surface area (Å²) in [7, 11) is 0. The zero-order valence-electron chi connectivity index (χ0n) is 16.5. The summed E-state index contributed by atoms with van der Waals surface area (Å²) in [6.45, 7) is 6.93. The second kappa shape index (κ2) is 9.40. The second-order valence-electron chi connectivity index (χ2n) is 7.38. The van der Waals surface area contributed by atoms with E-state index in [1.165, 1.54) is 0 Å². The summed E-state index contributed by atoms with van der Waals surface area (Å²) in [6, 6.07) is 13.6. The number of carbonyl (C=O) groups is 2. The fourth-order valence-corrected chi connectivity index (χ4v) is 3.36. The summed E-state index contributed by atoms with van der Waals surface area (Å²) >= 11 is 0. The average Bonchev–Trinajstić information content (AvgIpc) is 3.05. The quantitative estimate of drug-likeness (QED) is 0.620. The Balaban J connectivity index is 1.73. The third-order valence-electron chi connectivity index (χ3n) is 5.15. The molecule has 5 nitrogen and oxygen atoms in total. The molecule has 1 fully saturated rings. The number of rotatable bonds is 9. The van der Waals surface area contributed by atoms with Crippen LogP contribution in [-0.2, 0) is 22.7 Å². The molecule has 0 aliphatic heterocycles. The van der Waals surface area contributed by atoms with E-state index in [1.54, 1.807) is 15.9 Å². The maximum Gasteiger partial charge on any atom is 0.242 e. The van der Waals surface area contributed by atoms with Crippen molar-refractivity contribution in [2.24, 2.45) is 5.92 Å². The Hall–Kier alpha value is -2.82. The van der Waals surface area contributed by atoms with Crippen molar-refractivity contribution in [2.45, 2.75) is 39.3 Å². The van der Waals surface area contributed by atoms with E-state index in [-0.39, 0.29) is 24.3 Å². The van der Waals surface area contributed by atoms with Crippen LogP contribution < -0.4 is 0 Å². The molecule has 0 atom stereocenters. The van der Waals surface area contributed by atoms with Crippen LogP contribution in [0.3, 0.4) is 0 Å². The molecule has 2 aromatic rings. The van der Waals surface area contributed by atoms with Gasteiger partial charge in [-0.15, -0.1) is 6.58 Å². The van der Waals surface area contributed by atoms with E-state index in [9.17, 15) is 9.59 Å². The smallest absolute Gasteiger partial charge is 0.242 e. The van der Waals surface area contributed by atoms with E-state index in [1.807, 2.05) is 49.4 Å². The first-order chi connectivity index (χ1) is 13.6. The molecule has 1 aliphatic rings. The summed E-state index contributed by atoms with van der Waals surface area (Å²) in [4.78, 5) is 29.2. The first-order valence-electron chi connectivity index (χ1n) is 9.83. The van der Waals surface area contributed by atoms with Gasteiger partial charge in [0.2, 0.25) is 11.8 Å². The van der Waals surface area contributed by atoms with Gasteiger partial charge in [-0.05, 0) is 37.5 Å². The van der Waals surface area contributed by atoms with Crippen molar-refractivity contribution < 1.29 is 14.0 Å². The molecule has 5 heteroatoms. The maximum absolute atomic E-state index is 13.1. The van der Waals surface area contributed by atoms with Crippen molar-refractivity contribution in [1.29, 1.82) is 0 Å². The minimum absolute atomic E-state index is 0.0584. The van der Waals surface area contributed by atoms with Gasteiger partial charge in [0.1, 0.15) is 18.1 Å². The third-order valence-corrected chi connectivity index (χ3v) is 5.15. The number of furan rings is 1. The molecular formula is C23H28N2O3. The molecule has 0 radical (unpaired) electrons. The van der Waals surface area contributed by atoms with Crippen LogP contribution in [0.2, 0.25) is 0 Å². The molecule has 1 saturated carbocycles. The highest BCUT2D eigenvalue weighted by Gasteiger charge is 2.30. The first kappa shape index (κ1) is 19.9. The summed E-state index contributed by atoms with van der Waals surface area (Å²) in [5.74, 6) is 1.58. The lowest BCUT2D eigenvalue weighted by Gasteiger charge is -2.32. The molecule has 28 heavy (non-hydrogen) atoms. The molecular weight excluding hydrogens is 352 g/mol. The van der Waals surface area contributed by atoms with E-state index < -0.39 is 0 Å². The van der Waals surface area contributed by atoms with Crippen LogP contribution in [0.5, 0.6) is 0 Å². The van der Waals surface area contributed by atoms with Gasteiger partial charge in [0.15, 0.2) is 0 Å². The van der Waals surface area contributed by atoms with E-state index in [0.29, 0.717) is 19.6 Å². The molecule has 1 aromatic heterocycles. The lowest BCUT2D eigenvalue weighted by molar-refractivity contribution is -0.144. The van der Waals surface area contributed by atoms with Gasteiger partial charge in [-0.1, -0.05) is 42.8 Å². The third kappa shape index (κ3) is 5.12. The lowest BCUT2D eigenvalue weighted by Crippen LogP contribution is -2.45. The van der Waals surface area contributed by atoms with Crippen LogP contribution in [0.1, 0.15) is 36.3 Å². The molecule has 0 unspecified atom stereocenters.